The van der Waals surface area contributed by atoms with Gasteiger partial charge in [-0.2, -0.15) is 0 Å². The Hall–Kier alpha value is -1.14. The molecule has 19 heavy (non-hydrogen) atoms. The molecule has 6 heteroatoms. The van der Waals surface area contributed by atoms with Crippen molar-refractivity contribution in [2.75, 3.05) is 29.5 Å². The molecule has 0 spiro atoms. The maximum absolute atomic E-state index is 11.6. The van der Waals surface area contributed by atoms with Gasteiger partial charge in [0.05, 0.1) is 11.5 Å². The molecule has 0 atom stereocenters. The van der Waals surface area contributed by atoms with E-state index in [9.17, 15) is 8.42 Å². The summed E-state index contributed by atoms with van der Waals surface area (Å²) >= 11 is 0. The summed E-state index contributed by atoms with van der Waals surface area (Å²) in [6.45, 7) is 3.80. The van der Waals surface area contributed by atoms with Crippen molar-refractivity contribution in [1.82, 2.24) is 4.98 Å². The highest BCUT2D eigenvalue weighted by molar-refractivity contribution is 7.91. The maximum Gasteiger partial charge on any atom is 0.152 e. The maximum atomic E-state index is 11.6. The molecule has 0 radical (unpaired) electrons. The quantitative estimate of drug-likeness (QED) is 0.885. The van der Waals surface area contributed by atoms with Crippen molar-refractivity contribution in [2.24, 2.45) is 5.73 Å². The molecule has 1 aliphatic rings. The highest BCUT2D eigenvalue weighted by Gasteiger charge is 2.20. The molecule has 1 saturated heterocycles. The number of nitrogens with two attached hydrogens (primary N) is 1. The molecule has 0 aliphatic carbocycles. The van der Waals surface area contributed by atoms with Gasteiger partial charge in [0.15, 0.2) is 9.84 Å². The molecule has 1 aromatic heterocycles. The number of anilines is 1. The second-order valence-electron chi connectivity index (χ2n) is 4.88. The first-order chi connectivity index (χ1) is 9.04. The molecule has 1 aliphatic heterocycles. The number of aromatic nitrogens is 1. The highest BCUT2D eigenvalue weighted by atomic mass is 32.2. The first kappa shape index (κ1) is 14.3. The van der Waals surface area contributed by atoms with Crippen LogP contribution < -0.4 is 10.6 Å². The summed E-state index contributed by atoms with van der Waals surface area (Å²) in [7, 11) is -2.89. The third-order valence-electron chi connectivity index (χ3n) is 3.40. The summed E-state index contributed by atoms with van der Waals surface area (Å²) in [6, 6.07) is 3.98. The normalized spacial score (nSPS) is 19.2. The molecule has 0 bridgehead atoms. The lowest BCUT2D eigenvalue weighted by Crippen LogP contribution is -2.28. The summed E-state index contributed by atoms with van der Waals surface area (Å²) in [6.07, 6.45) is 1.52. The van der Waals surface area contributed by atoms with E-state index in [2.05, 4.69) is 16.8 Å². The molecule has 2 rings (SSSR count). The van der Waals surface area contributed by atoms with Crippen molar-refractivity contribution >= 4 is 15.7 Å². The lowest BCUT2D eigenvalue weighted by molar-refractivity contribution is 0.597. The molecule has 0 aromatic carbocycles. The smallest absolute Gasteiger partial charge is 0.152 e. The Labute approximate surface area is 114 Å². The predicted molar refractivity (Wildman–Crippen MR) is 77.0 cm³/mol. The molecule has 1 fully saturated rings. The van der Waals surface area contributed by atoms with Crippen LogP contribution in [0.25, 0.3) is 0 Å². The van der Waals surface area contributed by atoms with Gasteiger partial charge in [0.2, 0.25) is 0 Å². The minimum atomic E-state index is -2.89. The Morgan fingerprint density at radius 1 is 1.32 bits per heavy atom. The van der Waals surface area contributed by atoms with Gasteiger partial charge in [0, 0.05) is 25.3 Å². The number of nitrogens with zero attached hydrogens (tertiary/aromatic N) is 2. The third-order valence-corrected chi connectivity index (χ3v) is 5.12. The van der Waals surface area contributed by atoms with Gasteiger partial charge in [-0.25, -0.2) is 13.4 Å². The van der Waals surface area contributed by atoms with Crippen molar-refractivity contribution in [2.45, 2.75) is 26.3 Å². The summed E-state index contributed by atoms with van der Waals surface area (Å²) in [5.41, 5.74) is 7.76. The van der Waals surface area contributed by atoms with Gasteiger partial charge in [-0.05, 0) is 30.5 Å². The summed E-state index contributed by atoms with van der Waals surface area (Å²) in [4.78, 5) is 6.65. The second kappa shape index (κ2) is 5.88. The molecule has 1 aromatic rings. The average Bonchev–Trinajstić information content (AvgIpc) is 2.59. The molecule has 0 amide bonds. The van der Waals surface area contributed by atoms with Gasteiger partial charge in [-0.1, -0.05) is 6.92 Å². The number of sulfone groups is 1. The Morgan fingerprint density at radius 3 is 2.79 bits per heavy atom. The Balaban J connectivity index is 2.25. The van der Waals surface area contributed by atoms with E-state index in [-0.39, 0.29) is 11.5 Å². The Bertz CT molecular complexity index is 521. The van der Waals surface area contributed by atoms with E-state index in [4.69, 9.17) is 5.73 Å². The fraction of sp³-hybridized carbons (Fsp3) is 0.615. The van der Waals surface area contributed by atoms with Crippen LogP contribution >= 0.6 is 0 Å². The van der Waals surface area contributed by atoms with Gasteiger partial charge in [0.25, 0.3) is 0 Å². The topological polar surface area (TPSA) is 76.3 Å². The fourth-order valence-corrected chi connectivity index (χ4v) is 3.53. The molecular weight excluding hydrogens is 262 g/mol. The second-order valence-corrected chi connectivity index (χ2v) is 7.18. The summed E-state index contributed by atoms with van der Waals surface area (Å²) < 4.78 is 23.3. The van der Waals surface area contributed by atoms with Crippen LogP contribution in [0.5, 0.6) is 0 Å². The highest BCUT2D eigenvalue weighted by Crippen LogP contribution is 2.18. The van der Waals surface area contributed by atoms with Crippen LogP contribution in [0.15, 0.2) is 12.1 Å². The van der Waals surface area contributed by atoms with Crippen LogP contribution in [0.3, 0.4) is 0 Å². The number of rotatable bonds is 3. The molecule has 0 saturated carbocycles. The zero-order valence-corrected chi connectivity index (χ0v) is 12.1. The molecule has 2 heterocycles. The summed E-state index contributed by atoms with van der Waals surface area (Å²) in [5, 5.41) is 0. The number of aryl methyl sites for hydroxylation is 1. The number of pyridine rings is 1. The van der Waals surface area contributed by atoms with Crippen molar-refractivity contribution < 1.29 is 8.42 Å². The number of hydrogen-bond donors (Lipinski definition) is 1. The van der Waals surface area contributed by atoms with E-state index in [0.717, 1.165) is 30.0 Å². The molecular formula is C13H21N3O2S. The van der Waals surface area contributed by atoms with Crippen LogP contribution in [0.1, 0.15) is 24.6 Å². The Morgan fingerprint density at radius 2 is 2.11 bits per heavy atom. The van der Waals surface area contributed by atoms with E-state index in [0.29, 0.717) is 19.5 Å². The van der Waals surface area contributed by atoms with Gasteiger partial charge < -0.3 is 10.6 Å². The first-order valence-electron chi connectivity index (χ1n) is 6.69. The van der Waals surface area contributed by atoms with E-state index in [1.165, 1.54) is 0 Å². The monoisotopic (exact) mass is 283 g/mol. The van der Waals surface area contributed by atoms with Crippen molar-refractivity contribution in [3.05, 3.63) is 23.4 Å². The SMILES string of the molecule is CCc1cc(CN)cc(N2CCCS(=O)(=O)CC2)n1. The lowest BCUT2D eigenvalue weighted by Gasteiger charge is -2.22. The molecule has 106 valence electrons. The Kier molecular flexibility index (Phi) is 4.42. The zero-order chi connectivity index (χ0) is 13.9. The van der Waals surface area contributed by atoms with E-state index in [1.807, 2.05) is 12.1 Å². The van der Waals surface area contributed by atoms with Crippen LogP contribution in [0.2, 0.25) is 0 Å². The van der Waals surface area contributed by atoms with Gasteiger partial charge in [-0.3, -0.25) is 0 Å². The predicted octanol–water partition coefficient (Wildman–Crippen LogP) is 0.728. The molecule has 5 nitrogen and oxygen atoms in total. The largest absolute Gasteiger partial charge is 0.356 e. The van der Waals surface area contributed by atoms with Crippen LogP contribution in [0, 0.1) is 0 Å². The first-order valence-corrected chi connectivity index (χ1v) is 8.51. The lowest BCUT2D eigenvalue weighted by atomic mass is 10.2. The van der Waals surface area contributed by atoms with Gasteiger partial charge in [-0.15, -0.1) is 0 Å². The van der Waals surface area contributed by atoms with E-state index < -0.39 is 9.84 Å². The van der Waals surface area contributed by atoms with Crippen LogP contribution in [-0.4, -0.2) is 38.0 Å². The van der Waals surface area contributed by atoms with Crippen molar-refractivity contribution in [3.63, 3.8) is 0 Å². The zero-order valence-electron chi connectivity index (χ0n) is 11.3. The van der Waals surface area contributed by atoms with Crippen LogP contribution in [-0.2, 0) is 22.8 Å². The fourth-order valence-electron chi connectivity index (χ4n) is 2.26. The summed E-state index contributed by atoms with van der Waals surface area (Å²) in [5.74, 6) is 1.35. The van der Waals surface area contributed by atoms with Gasteiger partial charge >= 0.3 is 0 Å². The van der Waals surface area contributed by atoms with Crippen molar-refractivity contribution in [1.29, 1.82) is 0 Å². The van der Waals surface area contributed by atoms with Crippen LogP contribution in [0.4, 0.5) is 5.82 Å². The molecule has 0 unspecified atom stereocenters. The minimum Gasteiger partial charge on any atom is -0.356 e. The average molecular weight is 283 g/mol. The van der Waals surface area contributed by atoms with E-state index in [1.54, 1.807) is 0 Å². The minimum absolute atomic E-state index is 0.211. The van der Waals surface area contributed by atoms with Gasteiger partial charge in [0.1, 0.15) is 5.82 Å². The van der Waals surface area contributed by atoms with E-state index >= 15 is 0 Å². The molecule has 2 N–H and O–H groups in total. The number of hydrogen-bond acceptors (Lipinski definition) is 5. The standard InChI is InChI=1S/C13H21N3O2S/c1-2-12-8-11(10-14)9-13(15-12)16-4-3-6-19(17,18)7-5-16/h8-9H,2-7,10,14H2,1H3. The van der Waals surface area contributed by atoms with Crippen molar-refractivity contribution in [3.8, 4) is 0 Å². The third kappa shape index (κ3) is 3.67.